The molecule has 1 N–H and O–H groups in total. The van der Waals surface area contributed by atoms with E-state index in [9.17, 15) is 9.59 Å². The SMILES string of the molecule is CCN1C(=O)CC(C(=O)Nc2cccc(C)c2)SC1=Nc1ccc(OC)c(Cl)c1. The number of anilines is 1. The van der Waals surface area contributed by atoms with Crippen molar-refractivity contribution in [2.45, 2.75) is 25.5 Å². The Labute approximate surface area is 179 Å². The van der Waals surface area contributed by atoms with E-state index in [1.54, 1.807) is 30.2 Å². The van der Waals surface area contributed by atoms with Crippen LogP contribution in [0.3, 0.4) is 0 Å². The average Bonchev–Trinajstić information content (AvgIpc) is 2.68. The number of hydrogen-bond acceptors (Lipinski definition) is 5. The molecule has 1 atom stereocenters. The lowest BCUT2D eigenvalue weighted by molar-refractivity contribution is -0.129. The van der Waals surface area contributed by atoms with Gasteiger partial charge in [0.15, 0.2) is 5.17 Å². The quantitative estimate of drug-likeness (QED) is 0.748. The first-order valence-corrected chi connectivity index (χ1v) is 10.4. The van der Waals surface area contributed by atoms with Crippen molar-refractivity contribution in [1.29, 1.82) is 0 Å². The standard InChI is InChI=1S/C21H22ClN3O3S/c1-4-25-19(26)12-18(20(27)23-14-7-5-6-13(2)10-14)29-21(25)24-15-8-9-17(28-3)16(22)11-15/h5-11,18H,4,12H2,1-3H3,(H,23,27). The van der Waals surface area contributed by atoms with E-state index in [1.165, 1.54) is 11.8 Å². The lowest BCUT2D eigenvalue weighted by atomic mass is 10.2. The number of amides is 2. The van der Waals surface area contributed by atoms with Crippen LogP contribution in [0.1, 0.15) is 18.9 Å². The van der Waals surface area contributed by atoms with Gasteiger partial charge in [0.25, 0.3) is 0 Å². The smallest absolute Gasteiger partial charge is 0.238 e. The molecule has 1 saturated heterocycles. The van der Waals surface area contributed by atoms with Gasteiger partial charge >= 0.3 is 0 Å². The summed E-state index contributed by atoms with van der Waals surface area (Å²) in [5, 5.41) is 3.24. The number of carbonyl (C=O) groups excluding carboxylic acids is 2. The third-order valence-corrected chi connectivity index (χ3v) is 5.88. The summed E-state index contributed by atoms with van der Waals surface area (Å²) in [6.45, 7) is 4.31. The maximum absolute atomic E-state index is 12.8. The predicted octanol–water partition coefficient (Wildman–Crippen LogP) is 4.64. The van der Waals surface area contributed by atoms with Crippen molar-refractivity contribution in [3.63, 3.8) is 0 Å². The van der Waals surface area contributed by atoms with E-state index in [-0.39, 0.29) is 18.2 Å². The molecule has 2 amide bonds. The zero-order valence-electron chi connectivity index (χ0n) is 16.4. The monoisotopic (exact) mass is 431 g/mol. The van der Waals surface area contributed by atoms with E-state index in [1.807, 2.05) is 38.1 Å². The summed E-state index contributed by atoms with van der Waals surface area (Å²) >= 11 is 7.46. The van der Waals surface area contributed by atoms with Crippen molar-refractivity contribution in [2.75, 3.05) is 19.0 Å². The topological polar surface area (TPSA) is 71.0 Å². The van der Waals surface area contributed by atoms with Crippen LogP contribution in [-0.4, -0.2) is 40.8 Å². The summed E-state index contributed by atoms with van der Waals surface area (Å²) < 4.78 is 5.16. The molecule has 0 aliphatic carbocycles. The number of aryl methyl sites for hydroxylation is 1. The molecule has 0 spiro atoms. The molecule has 1 aliphatic rings. The van der Waals surface area contributed by atoms with Gasteiger partial charge in [-0.25, -0.2) is 4.99 Å². The zero-order chi connectivity index (χ0) is 21.0. The number of carbonyl (C=O) groups is 2. The summed E-state index contributed by atoms with van der Waals surface area (Å²) in [7, 11) is 1.54. The molecule has 152 valence electrons. The molecule has 0 radical (unpaired) electrons. The molecule has 2 aromatic carbocycles. The molecule has 1 fully saturated rings. The van der Waals surface area contributed by atoms with Crippen LogP contribution in [-0.2, 0) is 9.59 Å². The Balaban J connectivity index is 1.83. The van der Waals surface area contributed by atoms with E-state index in [4.69, 9.17) is 16.3 Å². The Hall–Kier alpha value is -2.51. The first-order chi connectivity index (χ1) is 13.9. The fourth-order valence-corrected chi connectivity index (χ4v) is 4.35. The molecule has 0 bridgehead atoms. The van der Waals surface area contributed by atoms with E-state index >= 15 is 0 Å². The maximum Gasteiger partial charge on any atom is 0.238 e. The van der Waals surface area contributed by atoms with Crippen LogP contribution in [0.15, 0.2) is 47.5 Å². The van der Waals surface area contributed by atoms with Gasteiger partial charge in [-0.3, -0.25) is 14.5 Å². The molecule has 1 heterocycles. The molecule has 0 aromatic heterocycles. The molecule has 3 rings (SSSR count). The number of nitrogens with zero attached hydrogens (tertiary/aromatic N) is 2. The van der Waals surface area contributed by atoms with Crippen molar-refractivity contribution < 1.29 is 14.3 Å². The van der Waals surface area contributed by atoms with Gasteiger partial charge in [0.05, 0.1) is 17.8 Å². The predicted molar refractivity (Wildman–Crippen MR) is 118 cm³/mol. The van der Waals surface area contributed by atoms with E-state index in [0.29, 0.717) is 33.9 Å². The van der Waals surface area contributed by atoms with Crippen molar-refractivity contribution in [2.24, 2.45) is 4.99 Å². The summed E-state index contributed by atoms with van der Waals surface area (Å²) in [5.41, 5.74) is 2.34. The minimum absolute atomic E-state index is 0.124. The van der Waals surface area contributed by atoms with Crippen LogP contribution in [0.4, 0.5) is 11.4 Å². The highest BCUT2D eigenvalue weighted by Crippen LogP contribution is 2.33. The molecule has 2 aromatic rings. The van der Waals surface area contributed by atoms with Gasteiger partial charge in [0, 0.05) is 18.7 Å². The third-order valence-electron chi connectivity index (χ3n) is 4.39. The van der Waals surface area contributed by atoms with Crippen LogP contribution in [0.2, 0.25) is 5.02 Å². The van der Waals surface area contributed by atoms with E-state index < -0.39 is 5.25 Å². The van der Waals surface area contributed by atoms with E-state index in [2.05, 4.69) is 10.3 Å². The number of benzene rings is 2. The lowest BCUT2D eigenvalue weighted by Gasteiger charge is -2.31. The van der Waals surface area contributed by atoms with Gasteiger partial charge in [-0.1, -0.05) is 35.5 Å². The van der Waals surface area contributed by atoms with Gasteiger partial charge in [-0.15, -0.1) is 0 Å². The zero-order valence-corrected chi connectivity index (χ0v) is 18.0. The largest absolute Gasteiger partial charge is 0.495 e. The Morgan fingerprint density at radius 1 is 1.34 bits per heavy atom. The molecule has 8 heteroatoms. The lowest BCUT2D eigenvalue weighted by Crippen LogP contribution is -2.45. The highest BCUT2D eigenvalue weighted by molar-refractivity contribution is 8.15. The van der Waals surface area contributed by atoms with Crippen molar-refractivity contribution in [1.82, 2.24) is 4.90 Å². The molecule has 29 heavy (non-hydrogen) atoms. The number of amidine groups is 1. The number of nitrogens with one attached hydrogen (secondary N) is 1. The maximum atomic E-state index is 12.8. The number of ether oxygens (including phenoxy) is 1. The Morgan fingerprint density at radius 3 is 2.79 bits per heavy atom. The molecule has 6 nitrogen and oxygen atoms in total. The summed E-state index contributed by atoms with van der Waals surface area (Å²) in [4.78, 5) is 31.5. The number of aliphatic imine (C=N–C) groups is 1. The second-order valence-corrected chi connectivity index (χ2v) is 8.10. The molecular formula is C21H22ClN3O3S. The first kappa shape index (κ1) is 21.2. The van der Waals surface area contributed by atoms with Gasteiger partial charge in [0.1, 0.15) is 11.0 Å². The summed E-state index contributed by atoms with van der Waals surface area (Å²) in [6, 6.07) is 12.7. The van der Waals surface area contributed by atoms with Gasteiger partial charge in [-0.2, -0.15) is 0 Å². The van der Waals surface area contributed by atoms with Crippen molar-refractivity contribution in [3.8, 4) is 5.75 Å². The Bertz CT molecular complexity index is 964. The highest BCUT2D eigenvalue weighted by atomic mass is 35.5. The fraction of sp³-hybridized carbons (Fsp3) is 0.286. The van der Waals surface area contributed by atoms with Crippen LogP contribution in [0, 0.1) is 6.92 Å². The van der Waals surface area contributed by atoms with Crippen molar-refractivity contribution in [3.05, 3.63) is 53.1 Å². The minimum atomic E-state index is -0.557. The normalized spacial score (nSPS) is 18.1. The van der Waals surface area contributed by atoms with Crippen LogP contribution >= 0.6 is 23.4 Å². The Kier molecular flexibility index (Phi) is 6.82. The van der Waals surface area contributed by atoms with Crippen LogP contribution in [0.25, 0.3) is 0 Å². The van der Waals surface area contributed by atoms with Crippen LogP contribution in [0.5, 0.6) is 5.75 Å². The molecule has 0 saturated carbocycles. The third kappa shape index (κ3) is 5.10. The van der Waals surface area contributed by atoms with Gasteiger partial charge in [-0.05, 0) is 49.7 Å². The molecule has 1 aliphatic heterocycles. The second kappa shape index (κ2) is 9.33. The Morgan fingerprint density at radius 2 is 2.14 bits per heavy atom. The van der Waals surface area contributed by atoms with E-state index in [0.717, 1.165) is 5.56 Å². The number of rotatable bonds is 5. The number of methoxy groups -OCH3 is 1. The van der Waals surface area contributed by atoms with Crippen molar-refractivity contribution >= 4 is 51.7 Å². The van der Waals surface area contributed by atoms with Gasteiger partial charge in [0.2, 0.25) is 11.8 Å². The molecule has 1 unspecified atom stereocenters. The van der Waals surface area contributed by atoms with Crippen LogP contribution < -0.4 is 10.1 Å². The second-order valence-electron chi connectivity index (χ2n) is 6.52. The summed E-state index contributed by atoms with van der Waals surface area (Å²) in [5.74, 6) is 0.199. The average molecular weight is 432 g/mol. The van der Waals surface area contributed by atoms with Gasteiger partial charge < -0.3 is 10.1 Å². The summed E-state index contributed by atoms with van der Waals surface area (Å²) in [6.07, 6.45) is 0.124. The highest BCUT2D eigenvalue weighted by Gasteiger charge is 2.35. The fourth-order valence-electron chi connectivity index (χ4n) is 2.93. The number of hydrogen-bond donors (Lipinski definition) is 1. The number of halogens is 1. The first-order valence-electron chi connectivity index (χ1n) is 9.18. The minimum Gasteiger partial charge on any atom is -0.495 e. The number of thioether (sulfide) groups is 1. The molecular weight excluding hydrogens is 410 g/mol.